The van der Waals surface area contributed by atoms with E-state index in [-0.39, 0.29) is 0 Å². The molecule has 0 aliphatic heterocycles. The van der Waals surface area contributed by atoms with E-state index >= 15 is 0 Å². The highest BCUT2D eigenvalue weighted by molar-refractivity contribution is 6.29. The topological polar surface area (TPSA) is 52.3 Å². The molecule has 5 nitrogen and oxygen atoms in total. The molecule has 0 N–H and O–H groups in total. The van der Waals surface area contributed by atoms with E-state index in [9.17, 15) is 0 Å². The Morgan fingerprint density at radius 2 is 2.16 bits per heavy atom. The van der Waals surface area contributed by atoms with E-state index in [4.69, 9.17) is 16.3 Å². The zero-order valence-electron chi connectivity index (χ0n) is 10.2. The number of rotatable bonds is 3. The molecular formula is C13H11ClN4O. The number of halogens is 1. The third kappa shape index (κ3) is 2.43. The summed E-state index contributed by atoms with van der Waals surface area (Å²) in [7, 11) is 1.61. The van der Waals surface area contributed by atoms with E-state index in [2.05, 4.69) is 15.0 Å². The molecule has 19 heavy (non-hydrogen) atoms. The summed E-state index contributed by atoms with van der Waals surface area (Å²) in [5.41, 5.74) is 2.26. The van der Waals surface area contributed by atoms with Crippen LogP contribution in [0.2, 0.25) is 5.15 Å². The lowest BCUT2D eigenvalue weighted by Crippen LogP contribution is -1.97. The molecule has 3 aromatic heterocycles. The Kier molecular flexibility index (Phi) is 3.15. The highest BCUT2D eigenvalue weighted by Crippen LogP contribution is 2.18. The first-order valence-electron chi connectivity index (χ1n) is 5.73. The predicted molar refractivity (Wildman–Crippen MR) is 71.9 cm³/mol. The fraction of sp³-hybridized carbons (Fsp3) is 0.154. The van der Waals surface area contributed by atoms with Gasteiger partial charge in [-0.1, -0.05) is 17.7 Å². The Bertz CT molecular complexity index is 692. The third-order valence-corrected chi connectivity index (χ3v) is 2.83. The van der Waals surface area contributed by atoms with E-state index in [1.807, 2.05) is 35.0 Å². The molecule has 3 heterocycles. The quantitative estimate of drug-likeness (QED) is 0.689. The highest BCUT2D eigenvalue weighted by Gasteiger charge is 2.09. The van der Waals surface area contributed by atoms with Gasteiger partial charge in [0.2, 0.25) is 0 Å². The number of hydrogen-bond acceptors (Lipinski definition) is 4. The van der Waals surface area contributed by atoms with Crippen LogP contribution in [0.3, 0.4) is 0 Å². The third-order valence-electron chi connectivity index (χ3n) is 2.63. The molecule has 0 fully saturated rings. The van der Waals surface area contributed by atoms with Crippen LogP contribution in [-0.4, -0.2) is 26.5 Å². The van der Waals surface area contributed by atoms with Crippen molar-refractivity contribution in [3.63, 3.8) is 0 Å². The summed E-state index contributed by atoms with van der Waals surface area (Å²) in [5, 5.41) is 0.383. The van der Waals surface area contributed by atoms with Crippen LogP contribution >= 0.6 is 11.6 Å². The van der Waals surface area contributed by atoms with Gasteiger partial charge in [0, 0.05) is 19.5 Å². The molecule has 3 rings (SSSR count). The van der Waals surface area contributed by atoms with Crippen molar-refractivity contribution in [1.82, 2.24) is 19.4 Å². The average molecular weight is 275 g/mol. The van der Waals surface area contributed by atoms with Crippen LogP contribution in [0.25, 0.3) is 17.2 Å². The van der Waals surface area contributed by atoms with Gasteiger partial charge in [-0.25, -0.2) is 15.0 Å². The average Bonchev–Trinajstić information content (AvgIpc) is 2.82. The van der Waals surface area contributed by atoms with Crippen LogP contribution in [0, 0.1) is 0 Å². The summed E-state index contributed by atoms with van der Waals surface area (Å²) < 4.78 is 6.97. The van der Waals surface area contributed by atoms with Crippen molar-refractivity contribution in [2.75, 3.05) is 7.11 Å². The van der Waals surface area contributed by atoms with E-state index in [0.717, 1.165) is 11.3 Å². The van der Waals surface area contributed by atoms with Crippen LogP contribution in [-0.2, 0) is 11.3 Å². The maximum atomic E-state index is 5.99. The smallest absolute Gasteiger partial charge is 0.181 e. The monoisotopic (exact) mass is 274 g/mol. The Hall–Kier alpha value is -1.98. The summed E-state index contributed by atoms with van der Waals surface area (Å²) in [6, 6.07) is 7.48. The number of hydrogen-bond donors (Lipinski definition) is 0. The molecule has 0 aliphatic carbocycles. The second-order valence-electron chi connectivity index (χ2n) is 4.03. The molecule has 0 spiro atoms. The molecule has 0 radical (unpaired) electrons. The van der Waals surface area contributed by atoms with Crippen LogP contribution in [0.1, 0.15) is 5.69 Å². The van der Waals surface area contributed by atoms with E-state index < -0.39 is 0 Å². The molecule has 3 aromatic rings. The van der Waals surface area contributed by atoms with Crippen molar-refractivity contribution >= 4 is 17.2 Å². The van der Waals surface area contributed by atoms with Gasteiger partial charge in [-0.2, -0.15) is 0 Å². The molecular weight excluding hydrogens is 264 g/mol. The molecule has 0 unspecified atom stereocenters. The van der Waals surface area contributed by atoms with E-state index in [1.54, 1.807) is 13.2 Å². The SMILES string of the molecule is COCc1cc(Cl)nc(-c2cn3ccccc3n2)n1. The number of nitrogens with zero attached hydrogens (tertiary/aromatic N) is 4. The van der Waals surface area contributed by atoms with Gasteiger partial charge in [-0.15, -0.1) is 0 Å². The predicted octanol–water partition coefficient (Wildman–Crippen LogP) is 2.59. The number of pyridine rings is 1. The van der Waals surface area contributed by atoms with Crippen LogP contribution in [0.15, 0.2) is 36.7 Å². The number of aromatic nitrogens is 4. The summed E-state index contributed by atoms with van der Waals surface area (Å²) in [5.74, 6) is 0.503. The van der Waals surface area contributed by atoms with Gasteiger partial charge < -0.3 is 9.14 Å². The van der Waals surface area contributed by atoms with Gasteiger partial charge in [0.25, 0.3) is 0 Å². The Balaban J connectivity index is 2.09. The van der Waals surface area contributed by atoms with Crippen LogP contribution in [0.4, 0.5) is 0 Å². The maximum absolute atomic E-state index is 5.99. The van der Waals surface area contributed by atoms with Crippen molar-refractivity contribution in [2.24, 2.45) is 0 Å². The minimum Gasteiger partial charge on any atom is -0.378 e. The second kappa shape index (κ2) is 4.95. The van der Waals surface area contributed by atoms with Crippen molar-refractivity contribution < 1.29 is 4.74 Å². The second-order valence-corrected chi connectivity index (χ2v) is 4.42. The van der Waals surface area contributed by atoms with Crippen molar-refractivity contribution in [1.29, 1.82) is 0 Å². The Labute approximate surface area is 114 Å². The minimum atomic E-state index is 0.383. The largest absolute Gasteiger partial charge is 0.378 e. The lowest BCUT2D eigenvalue weighted by Gasteiger charge is -2.01. The number of ether oxygens (including phenoxy) is 1. The van der Waals surface area contributed by atoms with Crippen molar-refractivity contribution in [3.05, 3.63) is 47.5 Å². The van der Waals surface area contributed by atoms with Crippen molar-refractivity contribution in [2.45, 2.75) is 6.61 Å². The molecule has 0 atom stereocenters. The normalized spacial score (nSPS) is 11.1. The summed E-state index contributed by atoms with van der Waals surface area (Å²) in [4.78, 5) is 13.1. The molecule has 6 heteroatoms. The Morgan fingerprint density at radius 1 is 1.26 bits per heavy atom. The summed E-state index contributed by atoms with van der Waals surface area (Å²) >= 11 is 5.99. The van der Waals surface area contributed by atoms with Gasteiger partial charge in [0.15, 0.2) is 5.82 Å². The summed E-state index contributed by atoms with van der Waals surface area (Å²) in [6.07, 6.45) is 3.80. The molecule has 0 saturated carbocycles. The first-order valence-corrected chi connectivity index (χ1v) is 6.10. The van der Waals surface area contributed by atoms with E-state index in [0.29, 0.717) is 23.3 Å². The zero-order chi connectivity index (χ0) is 13.2. The van der Waals surface area contributed by atoms with Crippen molar-refractivity contribution in [3.8, 4) is 11.5 Å². The molecule has 0 bridgehead atoms. The molecule has 0 aliphatic rings. The first kappa shape index (κ1) is 12.1. The van der Waals surface area contributed by atoms with Gasteiger partial charge >= 0.3 is 0 Å². The van der Waals surface area contributed by atoms with E-state index in [1.165, 1.54) is 0 Å². The summed E-state index contributed by atoms with van der Waals surface area (Å²) in [6.45, 7) is 0.391. The zero-order valence-corrected chi connectivity index (χ0v) is 11.0. The molecule has 96 valence electrons. The highest BCUT2D eigenvalue weighted by atomic mass is 35.5. The number of fused-ring (bicyclic) bond motifs is 1. The van der Waals surface area contributed by atoms with Gasteiger partial charge in [-0.3, -0.25) is 0 Å². The molecule has 0 saturated heterocycles. The molecule has 0 aromatic carbocycles. The lowest BCUT2D eigenvalue weighted by molar-refractivity contribution is 0.181. The van der Waals surface area contributed by atoms with Gasteiger partial charge in [0.1, 0.15) is 16.5 Å². The van der Waals surface area contributed by atoms with Crippen LogP contribution < -0.4 is 0 Å². The maximum Gasteiger partial charge on any atom is 0.181 e. The Morgan fingerprint density at radius 3 is 2.95 bits per heavy atom. The van der Waals surface area contributed by atoms with Gasteiger partial charge in [0.05, 0.1) is 12.3 Å². The van der Waals surface area contributed by atoms with Gasteiger partial charge in [-0.05, 0) is 18.2 Å². The first-order chi connectivity index (χ1) is 9.26. The minimum absolute atomic E-state index is 0.383. The number of methoxy groups -OCH3 is 1. The number of imidazole rings is 1. The van der Waals surface area contributed by atoms with Crippen LogP contribution in [0.5, 0.6) is 0 Å². The standard InChI is InChI=1S/C13H11ClN4O/c1-19-8-9-6-11(14)17-13(15-9)10-7-18-5-3-2-4-12(18)16-10/h2-7H,8H2,1H3. The fourth-order valence-electron chi connectivity index (χ4n) is 1.84. The fourth-order valence-corrected chi connectivity index (χ4v) is 2.05. The molecule has 0 amide bonds. The lowest BCUT2D eigenvalue weighted by atomic mass is 10.4.